The van der Waals surface area contributed by atoms with Crippen LogP contribution in [0.15, 0.2) is 18.2 Å². The molecule has 1 aromatic rings. The van der Waals surface area contributed by atoms with Gasteiger partial charge in [0.15, 0.2) is 0 Å². The van der Waals surface area contributed by atoms with Gasteiger partial charge in [-0.3, -0.25) is 0 Å². The number of β-amino-alcohol motifs (C(OH)–C–C–N with tert-alkyl or cyclic N) is 1. The molecule has 8 heteroatoms. The van der Waals surface area contributed by atoms with E-state index in [1.807, 2.05) is 0 Å². The minimum absolute atomic E-state index is 0.0209. The number of aliphatic hydroxyl groups is 1. The zero-order valence-corrected chi connectivity index (χ0v) is 11.0. The van der Waals surface area contributed by atoms with Crippen LogP contribution in [0, 0.1) is 5.82 Å². The van der Waals surface area contributed by atoms with Crippen molar-refractivity contribution in [1.29, 1.82) is 0 Å². The molecule has 0 unspecified atom stereocenters. The number of hydrogen-bond acceptors (Lipinski definition) is 3. The fourth-order valence-electron chi connectivity index (χ4n) is 2.04. The molecule has 2 amide bonds. The number of nitrogens with one attached hydrogen (secondary N) is 1. The van der Waals surface area contributed by atoms with Crippen LogP contribution in [0.4, 0.5) is 14.9 Å². The van der Waals surface area contributed by atoms with Gasteiger partial charge in [0.05, 0.1) is 11.1 Å². The molecular weight excluding hydrogens is 291 g/mol. The lowest BCUT2D eigenvalue weighted by Gasteiger charge is -2.21. The van der Waals surface area contributed by atoms with E-state index in [1.54, 1.807) is 0 Å². The van der Waals surface area contributed by atoms with Crippen molar-refractivity contribution in [1.82, 2.24) is 4.90 Å². The average molecular weight is 303 g/mol. The third-order valence-corrected chi connectivity index (χ3v) is 3.29. The van der Waals surface area contributed by atoms with Crippen LogP contribution in [-0.2, 0) is 4.79 Å². The first-order valence-electron chi connectivity index (χ1n) is 5.82. The molecule has 1 aromatic carbocycles. The molecule has 20 heavy (non-hydrogen) atoms. The number of carboxylic acid groups (broad SMARTS) is 1. The quantitative estimate of drug-likeness (QED) is 0.773. The molecule has 1 fully saturated rings. The molecule has 1 heterocycles. The number of likely N-dealkylation sites (tertiary alicyclic amines) is 1. The van der Waals surface area contributed by atoms with E-state index in [9.17, 15) is 19.1 Å². The number of carboxylic acids is 1. The van der Waals surface area contributed by atoms with E-state index in [0.717, 1.165) is 11.0 Å². The highest BCUT2D eigenvalue weighted by Gasteiger charge is 2.39. The predicted octanol–water partition coefficient (Wildman–Crippen LogP) is 1.53. The summed E-state index contributed by atoms with van der Waals surface area (Å²) in [6, 6.07) is 1.85. The van der Waals surface area contributed by atoms with Gasteiger partial charge in [-0.1, -0.05) is 11.6 Å². The predicted molar refractivity (Wildman–Crippen MR) is 69.2 cm³/mol. The minimum Gasteiger partial charge on any atom is -0.480 e. The Labute approximate surface area is 118 Å². The highest BCUT2D eigenvalue weighted by atomic mass is 35.5. The van der Waals surface area contributed by atoms with Gasteiger partial charge in [-0.2, -0.15) is 0 Å². The summed E-state index contributed by atoms with van der Waals surface area (Å²) in [5, 5.41) is 20.7. The molecule has 6 nitrogen and oxygen atoms in total. The van der Waals surface area contributed by atoms with E-state index in [-0.39, 0.29) is 23.7 Å². The number of halogens is 2. The number of aliphatic hydroxyl groups excluding tert-OH is 1. The van der Waals surface area contributed by atoms with Gasteiger partial charge in [-0.05, 0) is 18.2 Å². The summed E-state index contributed by atoms with van der Waals surface area (Å²) in [5.74, 6) is -1.81. The molecule has 3 N–H and O–H groups in total. The second kappa shape index (κ2) is 5.64. The van der Waals surface area contributed by atoms with Crippen LogP contribution in [0.1, 0.15) is 6.42 Å². The number of rotatable bonds is 2. The number of benzene rings is 1. The van der Waals surface area contributed by atoms with Gasteiger partial charge in [0.1, 0.15) is 11.9 Å². The van der Waals surface area contributed by atoms with Crippen LogP contribution in [-0.4, -0.2) is 45.8 Å². The summed E-state index contributed by atoms with van der Waals surface area (Å²) in [5.41, 5.74) is 0.243. The van der Waals surface area contributed by atoms with Gasteiger partial charge in [0.25, 0.3) is 0 Å². The Kier molecular flexibility index (Phi) is 4.10. The van der Waals surface area contributed by atoms with Crippen molar-refractivity contribution in [2.75, 3.05) is 11.9 Å². The standard InChI is InChI=1S/C12H12ClFN2O4/c13-8-3-6(1-2-9(8)14)15-12(20)16-5-7(17)4-10(16)11(18)19/h1-3,7,10,17H,4-5H2,(H,15,20)(H,18,19)/t7-,10+/m1/s1. The van der Waals surface area contributed by atoms with Gasteiger partial charge in [0, 0.05) is 18.7 Å². The highest BCUT2D eigenvalue weighted by molar-refractivity contribution is 6.31. The zero-order chi connectivity index (χ0) is 14.9. The summed E-state index contributed by atoms with van der Waals surface area (Å²) in [4.78, 5) is 24.0. The maximum atomic E-state index is 13.0. The lowest BCUT2D eigenvalue weighted by Crippen LogP contribution is -2.43. The molecule has 0 bridgehead atoms. The number of carbonyl (C=O) groups excluding carboxylic acids is 1. The summed E-state index contributed by atoms with van der Waals surface area (Å²) in [6.07, 6.45) is -0.897. The van der Waals surface area contributed by atoms with Crippen molar-refractivity contribution in [2.45, 2.75) is 18.6 Å². The number of carbonyl (C=O) groups is 2. The third kappa shape index (κ3) is 3.00. The first kappa shape index (κ1) is 14.5. The third-order valence-electron chi connectivity index (χ3n) is 3.00. The zero-order valence-electron chi connectivity index (χ0n) is 10.2. The largest absolute Gasteiger partial charge is 0.480 e. The summed E-state index contributed by atoms with van der Waals surface area (Å²) in [6.45, 7) is -0.0717. The van der Waals surface area contributed by atoms with Crippen LogP contribution in [0.25, 0.3) is 0 Å². The molecule has 1 aliphatic rings. The fourth-order valence-corrected chi connectivity index (χ4v) is 2.22. The summed E-state index contributed by atoms with van der Waals surface area (Å²) < 4.78 is 13.0. The lowest BCUT2D eigenvalue weighted by molar-refractivity contribution is -0.141. The maximum absolute atomic E-state index is 13.0. The smallest absolute Gasteiger partial charge is 0.326 e. The molecule has 0 aromatic heterocycles. The molecule has 1 aliphatic heterocycles. The number of amides is 2. The Morgan fingerprint density at radius 3 is 2.75 bits per heavy atom. The monoisotopic (exact) mass is 302 g/mol. The van der Waals surface area contributed by atoms with E-state index in [2.05, 4.69) is 5.32 Å². The van der Waals surface area contributed by atoms with Crippen molar-refractivity contribution in [2.24, 2.45) is 0 Å². The van der Waals surface area contributed by atoms with E-state index >= 15 is 0 Å². The SMILES string of the molecule is O=C(O)[C@@H]1C[C@@H](O)CN1C(=O)Nc1ccc(F)c(Cl)c1. The van der Waals surface area contributed by atoms with E-state index in [0.29, 0.717) is 0 Å². The molecule has 0 saturated carbocycles. The summed E-state index contributed by atoms with van der Waals surface area (Å²) >= 11 is 5.59. The molecule has 0 spiro atoms. The van der Waals surface area contributed by atoms with Crippen LogP contribution >= 0.6 is 11.6 Å². The molecule has 0 aliphatic carbocycles. The Morgan fingerprint density at radius 1 is 1.45 bits per heavy atom. The molecule has 1 saturated heterocycles. The van der Waals surface area contributed by atoms with Crippen LogP contribution < -0.4 is 5.32 Å². The normalized spacial score (nSPS) is 21.9. The molecule has 0 radical (unpaired) electrons. The molecule has 2 atom stereocenters. The maximum Gasteiger partial charge on any atom is 0.326 e. The number of hydrogen-bond donors (Lipinski definition) is 3. The molecule has 2 rings (SSSR count). The topological polar surface area (TPSA) is 89.9 Å². The molecule has 108 valence electrons. The number of aliphatic carboxylic acids is 1. The number of anilines is 1. The van der Waals surface area contributed by atoms with Crippen molar-refractivity contribution < 1.29 is 24.2 Å². The number of urea groups is 1. The van der Waals surface area contributed by atoms with Gasteiger partial charge in [-0.15, -0.1) is 0 Å². The van der Waals surface area contributed by atoms with Crippen molar-refractivity contribution in [3.8, 4) is 0 Å². The Bertz CT molecular complexity index is 554. The second-order valence-electron chi connectivity index (χ2n) is 4.45. The minimum atomic E-state index is -1.19. The first-order chi connectivity index (χ1) is 9.38. The second-order valence-corrected chi connectivity index (χ2v) is 4.86. The molecular formula is C12H12ClFN2O4. The lowest BCUT2D eigenvalue weighted by atomic mass is 10.2. The fraction of sp³-hybridized carbons (Fsp3) is 0.333. The van der Waals surface area contributed by atoms with E-state index in [4.69, 9.17) is 16.7 Å². The van der Waals surface area contributed by atoms with Crippen molar-refractivity contribution in [3.63, 3.8) is 0 Å². The Balaban J connectivity index is 2.11. The van der Waals surface area contributed by atoms with Crippen molar-refractivity contribution >= 4 is 29.3 Å². The average Bonchev–Trinajstić information content (AvgIpc) is 2.76. The van der Waals surface area contributed by atoms with Crippen LogP contribution in [0.2, 0.25) is 5.02 Å². The van der Waals surface area contributed by atoms with Gasteiger partial charge in [0.2, 0.25) is 0 Å². The van der Waals surface area contributed by atoms with Gasteiger partial charge in [-0.25, -0.2) is 14.0 Å². The van der Waals surface area contributed by atoms with E-state index < -0.39 is 30.0 Å². The Morgan fingerprint density at radius 2 is 2.15 bits per heavy atom. The van der Waals surface area contributed by atoms with Gasteiger partial charge >= 0.3 is 12.0 Å². The van der Waals surface area contributed by atoms with Crippen LogP contribution in [0.3, 0.4) is 0 Å². The first-order valence-corrected chi connectivity index (χ1v) is 6.20. The van der Waals surface area contributed by atoms with E-state index in [1.165, 1.54) is 12.1 Å². The van der Waals surface area contributed by atoms with Gasteiger partial charge < -0.3 is 20.4 Å². The number of nitrogens with zero attached hydrogens (tertiary/aromatic N) is 1. The highest BCUT2D eigenvalue weighted by Crippen LogP contribution is 2.22. The summed E-state index contributed by atoms with van der Waals surface area (Å²) in [7, 11) is 0. The van der Waals surface area contributed by atoms with Crippen LogP contribution in [0.5, 0.6) is 0 Å². The van der Waals surface area contributed by atoms with Crippen molar-refractivity contribution in [3.05, 3.63) is 29.0 Å². The Hall–Kier alpha value is -1.86.